The summed E-state index contributed by atoms with van der Waals surface area (Å²) in [6, 6.07) is 0. The van der Waals surface area contributed by atoms with E-state index in [1.807, 2.05) is 0 Å². The van der Waals surface area contributed by atoms with Gasteiger partial charge in [0.15, 0.2) is 0 Å². The number of hydrogen-bond acceptors (Lipinski definition) is 2. The molecule has 0 heterocycles. The van der Waals surface area contributed by atoms with Crippen LogP contribution in [0, 0.1) is 11.8 Å². The van der Waals surface area contributed by atoms with E-state index in [4.69, 9.17) is 10.5 Å². The molecule has 2 aliphatic rings. The Labute approximate surface area is 74.5 Å². The SMILES string of the molecule is COC1(CN)CC(C2CCC2)C1. The first-order valence-electron chi connectivity index (χ1n) is 5.05. The Hall–Kier alpha value is -0.0800. The topological polar surface area (TPSA) is 35.2 Å². The van der Waals surface area contributed by atoms with Crippen molar-refractivity contribution in [3.63, 3.8) is 0 Å². The second-order valence-electron chi connectivity index (χ2n) is 4.45. The standard InChI is InChI=1S/C10H19NO/c1-12-10(7-11)5-9(6-10)8-3-2-4-8/h8-9H,2-7,11H2,1H3. The Morgan fingerprint density at radius 2 is 2.00 bits per heavy atom. The lowest BCUT2D eigenvalue weighted by Crippen LogP contribution is -2.53. The van der Waals surface area contributed by atoms with Crippen LogP contribution in [0.15, 0.2) is 0 Å². The van der Waals surface area contributed by atoms with E-state index in [1.165, 1.54) is 32.1 Å². The fourth-order valence-corrected chi connectivity index (χ4v) is 2.56. The van der Waals surface area contributed by atoms with E-state index in [1.54, 1.807) is 7.11 Å². The first-order valence-corrected chi connectivity index (χ1v) is 5.05. The van der Waals surface area contributed by atoms with Gasteiger partial charge in [0, 0.05) is 13.7 Å². The highest BCUT2D eigenvalue weighted by Crippen LogP contribution is 2.49. The van der Waals surface area contributed by atoms with Crippen LogP contribution in [0.25, 0.3) is 0 Å². The van der Waals surface area contributed by atoms with Gasteiger partial charge in [-0.2, -0.15) is 0 Å². The van der Waals surface area contributed by atoms with E-state index in [0.717, 1.165) is 11.8 Å². The lowest BCUT2D eigenvalue weighted by molar-refractivity contribution is -0.120. The molecule has 0 saturated heterocycles. The minimum atomic E-state index is 0.0697. The summed E-state index contributed by atoms with van der Waals surface area (Å²) in [6.07, 6.45) is 6.78. The van der Waals surface area contributed by atoms with E-state index in [2.05, 4.69) is 0 Å². The van der Waals surface area contributed by atoms with Crippen molar-refractivity contribution in [3.05, 3.63) is 0 Å². The van der Waals surface area contributed by atoms with Crippen LogP contribution in [-0.4, -0.2) is 19.3 Å². The van der Waals surface area contributed by atoms with Crippen LogP contribution < -0.4 is 5.73 Å². The molecule has 0 amide bonds. The molecule has 2 N–H and O–H groups in total. The third-order valence-electron chi connectivity index (χ3n) is 3.89. The van der Waals surface area contributed by atoms with Crippen molar-refractivity contribution in [2.75, 3.05) is 13.7 Å². The Kier molecular flexibility index (Phi) is 2.13. The predicted molar refractivity (Wildman–Crippen MR) is 48.9 cm³/mol. The van der Waals surface area contributed by atoms with Gasteiger partial charge in [-0.3, -0.25) is 0 Å². The maximum atomic E-state index is 5.68. The van der Waals surface area contributed by atoms with Gasteiger partial charge in [-0.25, -0.2) is 0 Å². The molecule has 0 radical (unpaired) electrons. The average Bonchev–Trinajstić information content (AvgIpc) is 1.92. The second-order valence-corrected chi connectivity index (χ2v) is 4.45. The molecule has 2 nitrogen and oxygen atoms in total. The fourth-order valence-electron chi connectivity index (χ4n) is 2.56. The zero-order chi connectivity index (χ0) is 8.60. The van der Waals surface area contributed by atoms with E-state index in [-0.39, 0.29) is 5.60 Å². The summed E-state index contributed by atoms with van der Waals surface area (Å²) in [5, 5.41) is 0. The van der Waals surface area contributed by atoms with Crippen molar-refractivity contribution in [3.8, 4) is 0 Å². The van der Waals surface area contributed by atoms with Gasteiger partial charge in [-0.1, -0.05) is 19.3 Å². The maximum Gasteiger partial charge on any atom is 0.0805 e. The predicted octanol–water partition coefficient (Wildman–Crippen LogP) is 1.54. The summed E-state index contributed by atoms with van der Waals surface area (Å²) in [4.78, 5) is 0. The van der Waals surface area contributed by atoms with Crippen LogP contribution in [0.5, 0.6) is 0 Å². The number of nitrogens with two attached hydrogens (primary N) is 1. The van der Waals surface area contributed by atoms with Crippen LogP contribution in [0.2, 0.25) is 0 Å². The zero-order valence-corrected chi connectivity index (χ0v) is 7.88. The molecule has 0 aromatic heterocycles. The van der Waals surface area contributed by atoms with Crippen LogP contribution >= 0.6 is 0 Å². The van der Waals surface area contributed by atoms with E-state index in [0.29, 0.717) is 6.54 Å². The van der Waals surface area contributed by atoms with Crippen LogP contribution in [0.4, 0.5) is 0 Å². The van der Waals surface area contributed by atoms with E-state index in [9.17, 15) is 0 Å². The Bertz CT molecular complexity index is 153. The molecule has 2 fully saturated rings. The second kappa shape index (κ2) is 3.00. The largest absolute Gasteiger partial charge is 0.377 e. The molecule has 2 aliphatic carbocycles. The van der Waals surface area contributed by atoms with Gasteiger partial charge in [0.2, 0.25) is 0 Å². The van der Waals surface area contributed by atoms with E-state index >= 15 is 0 Å². The van der Waals surface area contributed by atoms with E-state index < -0.39 is 0 Å². The summed E-state index contributed by atoms with van der Waals surface area (Å²) in [6.45, 7) is 0.701. The van der Waals surface area contributed by atoms with Crippen molar-refractivity contribution < 1.29 is 4.74 Å². The number of ether oxygens (including phenoxy) is 1. The summed E-state index contributed by atoms with van der Waals surface area (Å²) in [5.74, 6) is 1.95. The number of methoxy groups -OCH3 is 1. The van der Waals surface area contributed by atoms with Crippen molar-refractivity contribution in [1.82, 2.24) is 0 Å². The van der Waals surface area contributed by atoms with Crippen molar-refractivity contribution in [2.45, 2.75) is 37.7 Å². The summed E-state index contributed by atoms with van der Waals surface area (Å²) < 4.78 is 5.45. The molecule has 2 rings (SSSR count). The normalized spacial score (nSPS) is 42.0. The summed E-state index contributed by atoms with van der Waals surface area (Å²) in [7, 11) is 1.80. The van der Waals surface area contributed by atoms with Crippen molar-refractivity contribution in [1.29, 1.82) is 0 Å². The van der Waals surface area contributed by atoms with Gasteiger partial charge >= 0.3 is 0 Å². The number of hydrogen-bond donors (Lipinski definition) is 1. The van der Waals surface area contributed by atoms with Gasteiger partial charge in [-0.05, 0) is 24.7 Å². The summed E-state index contributed by atoms with van der Waals surface area (Å²) >= 11 is 0. The number of rotatable bonds is 3. The van der Waals surface area contributed by atoms with Gasteiger partial charge in [0.25, 0.3) is 0 Å². The molecule has 0 aromatic rings. The average molecular weight is 169 g/mol. The smallest absolute Gasteiger partial charge is 0.0805 e. The molecule has 0 aromatic carbocycles. The highest BCUT2D eigenvalue weighted by molar-refractivity contribution is 5.00. The van der Waals surface area contributed by atoms with Crippen LogP contribution in [-0.2, 0) is 4.74 Å². The van der Waals surface area contributed by atoms with Crippen molar-refractivity contribution in [2.24, 2.45) is 17.6 Å². The maximum absolute atomic E-state index is 5.68. The molecule has 12 heavy (non-hydrogen) atoms. The molecule has 0 spiro atoms. The Morgan fingerprint density at radius 3 is 2.33 bits per heavy atom. The highest BCUT2D eigenvalue weighted by Gasteiger charge is 2.47. The first kappa shape index (κ1) is 8.52. The summed E-state index contributed by atoms with van der Waals surface area (Å²) in [5.41, 5.74) is 5.75. The monoisotopic (exact) mass is 169 g/mol. The minimum Gasteiger partial charge on any atom is -0.377 e. The van der Waals surface area contributed by atoms with Crippen LogP contribution in [0.3, 0.4) is 0 Å². The van der Waals surface area contributed by atoms with Crippen LogP contribution in [0.1, 0.15) is 32.1 Å². The quantitative estimate of drug-likeness (QED) is 0.695. The molecule has 0 bridgehead atoms. The highest BCUT2D eigenvalue weighted by atomic mass is 16.5. The fraction of sp³-hybridized carbons (Fsp3) is 1.00. The van der Waals surface area contributed by atoms with Gasteiger partial charge < -0.3 is 10.5 Å². The molecule has 0 unspecified atom stereocenters. The lowest BCUT2D eigenvalue weighted by atomic mass is 9.60. The van der Waals surface area contributed by atoms with Crippen molar-refractivity contribution >= 4 is 0 Å². The third kappa shape index (κ3) is 1.17. The Morgan fingerprint density at radius 1 is 1.33 bits per heavy atom. The molecule has 2 heteroatoms. The van der Waals surface area contributed by atoms with Gasteiger partial charge in [0.1, 0.15) is 0 Å². The first-order chi connectivity index (χ1) is 5.79. The molecular formula is C10H19NO. The molecular weight excluding hydrogens is 150 g/mol. The molecule has 70 valence electrons. The van der Waals surface area contributed by atoms with Gasteiger partial charge in [-0.15, -0.1) is 0 Å². The molecule has 0 aliphatic heterocycles. The zero-order valence-electron chi connectivity index (χ0n) is 7.88. The lowest BCUT2D eigenvalue weighted by Gasteiger charge is -2.51. The third-order valence-corrected chi connectivity index (χ3v) is 3.89. The minimum absolute atomic E-state index is 0.0697. The van der Waals surface area contributed by atoms with Gasteiger partial charge in [0.05, 0.1) is 5.60 Å². The Balaban J connectivity index is 1.80. The molecule has 0 atom stereocenters. The molecule has 2 saturated carbocycles.